The zero-order valence-electron chi connectivity index (χ0n) is 19.9. The van der Waals surface area contributed by atoms with Gasteiger partial charge in [-0.15, -0.1) is 0 Å². The summed E-state index contributed by atoms with van der Waals surface area (Å²) in [5.41, 5.74) is -2.14. The lowest BCUT2D eigenvalue weighted by atomic mass is 9.76. The molecule has 0 saturated carbocycles. The Morgan fingerprint density at radius 3 is 2.25 bits per heavy atom. The number of ether oxygens (including phenoxy) is 1. The van der Waals surface area contributed by atoms with Gasteiger partial charge in [0.2, 0.25) is 0 Å². The third-order valence-electron chi connectivity index (χ3n) is 6.42. The monoisotopic (exact) mass is 455 g/mol. The second-order valence-corrected chi connectivity index (χ2v) is 10.7. The average molecular weight is 455 g/mol. The van der Waals surface area contributed by atoms with Gasteiger partial charge < -0.3 is 18.9 Å². The first kappa shape index (κ1) is 24.9. The molecule has 32 heavy (non-hydrogen) atoms. The maximum Gasteiger partial charge on any atom is 0.494 e. The van der Waals surface area contributed by atoms with Crippen LogP contribution in [0.2, 0.25) is 0 Å². The molecule has 1 atom stereocenters. The Morgan fingerprint density at radius 1 is 1.12 bits per heavy atom. The quantitative estimate of drug-likeness (QED) is 0.581. The summed E-state index contributed by atoms with van der Waals surface area (Å²) in [6.45, 7) is 13.4. The van der Waals surface area contributed by atoms with Crippen LogP contribution in [-0.2, 0) is 20.2 Å². The Labute approximate surface area is 188 Å². The molecule has 1 unspecified atom stereocenters. The number of nitrogens with zero attached hydrogens (tertiary/aromatic N) is 1. The number of alkyl halides is 3. The molecule has 2 saturated heterocycles. The van der Waals surface area contributed by atoms with Crippen LogP contribution in [0, 0.1) is 0 Å². The van der Waals surface area contributed by atoms with Crippen molar-refractivity contribution in [1.29, 1.82) is 0 Å². The van der Waals surface area contributed by atoms with E-state index in [9.17, 15) is 18.0 Å². The summed E-state index contributed by atoms with van der Waals surface area (Å²) >= 11 is 0. The summed E-state index contributed by atoms with van der Waals surface area (Å²) in [6.07, 6.45) is -3.86. The van der Waals surface area contributed by atoms with Crippen molar-refractivity contribution in [3.05, 3.63) is 29.3 Å². The van der Waals surface area contributed by atoms with Gasteiger partial charge in [0.1, 0.15) is 5.60 Å². The zero-order valence-corrected chi connectivity index (χ0v) is 19.9. The summed E-state index contributed by atoms with van der Waals surface area (Å²) in [4.78, 5) is 14.0. The van der Waals surface area contributed by atoms with Crippen molar-refractivity contribution in [3.8, 4) is 0 Å². The molecule has 1 aromatic rings. The van der Waals surface area contributed by atoms with Crippen molar-refractivity contribution in [2.75, 3.05) is 13.1 Å². The van der Waals surface area contributed by atoms with Crippen LogP contribution in [0.25, 0.3) is 0 Å². The number of benzene rings is 1. The molecule has 5 nitrogen and oxygen atoms in total. The second kappa shape index (κ2) is 8.24. The maximum absolute atomic E-state index is 14.1. The molecule has 9 heteroatoms. The van der Waals surface area contributed by atoms with Crippen LogP contribution in [0.4, 0.5) is 18.0 Å². The van der Waals surface area contributed by atoms with E-state index in [0.717, 1.165) is 6.07 Å². The smallest absolute Gasteiger partial charge is 0.444 e. The topological polar surface area (TPSA) is 48.0 Å². The van der Waals surface area contributed by atoms with Gasteiger partial charge in [0, 0.05) is 19.0 Å². The number of hydrogen-bond acceptors (Lipinski definition) is 4. The highest BCUT2D eigenvalue weighted by atomic mass is 19.4. The largest absolute Gasteiger partial charge is 0.494 e. The standard InChI is InChI=1S/C23H33BF3NO4/c1-20(2,3)30-19(29)28-12-8-9-15(14-28)17-11-10-16(13-18(17)23(25,26)27)24-31-21(4,5)22(6,7)32-24/h10-11,13,15H,8-9,12,14H2,1-7H3. The number of rotatable bonds is 2. The fourth-order valence-corrected chi connectivity index (χ4v) is 4.02. The Hall–Kier alpha value is -1.74. The van der Waals surface area contributed by atoms with Gasteiger partial charge in [0.15, 0.2) is 0 Å². The fraction of sp³-hybridized carbons (Fsp3) is 0.696. The van der Waals surface area contributed by atoms with E-state index in [0.29, 0.717) is 24.8 Å². The highest BCUT2D eigenvalue weighted by molar-refractivity contribution is 6.62. The first-order valence-corrected chi connectivity index (χ1v) is 11.0. The second-order valence-electron chi connectivity index (χ2n) is 10.7. The van der Waals surface area contributed by atoms with Gasteiger partial charge in [0.25, 0.3) is 0 Å². The number of amides is 1. The maximum atomic E-state index is 14.1. The predicted molar refractivity (Wildman–Crippen MR) is 117 cm³/mol. The lowest BCUT2D eigenvalue weighted by Gasteiger charge is -2.35. The van der Waals surface area contributed by atoms with Crippen LogP contribution in [0.15, 0.2) is 18.2 Å². The number of carbonyl (C=O) groups is 1. The van der Waals surface area contributed by atoms with Crippen molar-refractivity contribution in [2.45, 2.75) is 90.2 Å². The summed E-state index contributed by atoms with van der Waals surface area (Å²) in [6, 6.07) is 4.27. The molecule has 2 aliphatic heterocycles. The lowest BCUT2D eigenvalue weighted by Crippen LogP contribution is -2.42. The minimum absolute atomic E-state index is 0.186. The van der Waals surface area contributed by atoms with E-state index in [1.807, 2.05) is 27.7 Å². The average Bonchev–Trinajstić information content (AvgIpc) is 2.86. The van der Waals surface area contributed by atoms with Crippen molar-refractivity contribution in [1.82, 2.24) is 4.90 Å². The van der Waals surface area contributed by atoms with Gasteiger partial charge in [-0.1, -0.05) is 12.1 Å². The molecule has 1 amide bonds. The Balaban J connectivity index is 1.88. The number of carbonyl (C=O) groups excluding carboxylic acids is 1. The van der Waals surface area contributed by atoms with E-state index in [-0.39, 0.29) is 12.1 Å². The van der Waals surface area contributed by atoms with Crippen LogP contribution in [-0.4, -0.2) is 48.0 Å². The van der Waals surface area contributed by atoms with Crippen LogP contribution >= 0.6 is 0 Å². The van der Waals surface area contributed by atoms with E-state index in [4.69, 9.17) is 14.0 Å². The summed E-state index contributed by atoms with van der Waals surface area (Å²) in [5, 5.41) is 0. The van der Waals surface area contributed by atoms with E-state index >= 15 is 0 Å². The van der Waals surface area contributed by atoms with Crippen LogP contribution in [0.3, 0.4) is 0 Å². The third-order valence-corrected chi connectivity index (χ3v) is 6.42. The summed E-state index contributed by atoms with van der Waals surface area (Å²) in [7, 11) is -0.875. The zero-order chi connectivity index (χ0) is 24.1. The molecule has 0 bridgehead atoms. The lowest BCUT2D eigenvalue weighted by molar-refractivity contribution is -0.138. The molecular weight excluding hydrogens is 422 g/mol. The summed E-state index contributed by atoms with van der Waals surface area (Å²) < 4.78 is 59.5. The SMILES string of the molecule is CC(C)(C)OC(=O)N1CCCC(c2ccc(B3OC(C)(C)C(C)(C)O3)cc2C(F)(F)F)C1. The molecule has 1 aromatic carbocycles. The van der Waals surface area contributed by atoms with Gasteiger partial charge in [-0.25, -0.2) is 4.79 Å². The molecule has 0 radical (unpaired) electrons. The Morgan fingerprint density at radius 2 is 1.72 bits per heavy atom. The Bertz CT molecular complexity index is 848. The number of piperidine rings is 1. The highest BCUT2D eigenvalue weighted by Gasteiger charge is 2.52. The number of likely N-dealkylation sites (tertiary alicyclic amines) is 1. The van der Waals surface area contributed by atoms with E-state index in [1.165, 1.54) is 11.0 Å². The van der Waals surface area contributed by atoms with Crippen molar-refractivity contribution in [2.24, 2.45) is 0 Å². The first-order valence-electron chi connectivity index (χ1n) is 11.0. The third kappa shape index (κ3) is 5.25. The molecule has 0 N–H and O–H groups in total. The van der Waals surface area contributed by atoms with Gasteiger partial charge in [-0.05, 0) is 78.4 Å². The van der Waals surface area contributed by atoms with Gasteiger partial charge in [0.05, 0.1) is 16.8 Å². The highest BCUT2D eigenvalue weighted by Crippen LogP contribution is 2.40. The van der Waals surface area contributed by atoms with Crippen LogP contribution in [0.1, 0.15) is 78.4 Å². The summed E-state index contributed by atoms with van der Waals surface area (Å²) in [5.74, 6) is -0.430. The molecular formula is C23H33BF3NO4. The Kier molecular flexibility index (Phi) is 6.41. The van der Waals surface area contributed by atoms with E-state index in [1.54, 1.807) is 26.8 Å². The minimum Gasteiger partial charge on any atom is -0.444 e. The van der Waals surface area contributed by atoms with Gasteiger partial charge in [-0.3, -0.25) is 0 Å². The van der Waals surface area contributed by atoms with Gasteiger partial charge >= 0.3 is 19.4 Å². The molecule has 2 aliphatic rings. The number of hydrogen-bond donors (Lipinski definition) is 0. The first-order chi connectivity index (χ1) is 14.5. The van der Waals surface area contributed by atoms with Crippen LogP contribution < -0.4 is 5.46 Å². The molecule has 0 aliphatic carbocycles. The molecule has 3 rings (SSSR count). The van der Waals surface area contributed by atoms with Gasteiger partial charge in [-0.2, -0.15) is 13.2 Å². The van der Waals surface area contributed by atoms with Crippen molar-refractivity contribution in [3.63, 3.8) is 0 Å². The molecule has 2 fully saturated rings. The van der Waals surface area contributed by atoms with Crippen molar-refractivity contribution < 1.29 is 32.0 Å². The molecule has 0 aromatic heterocycles. The minimum atomic E-state index is -4.54. The number of halogens is 3. The molecule has 178 valence electrons. The van der Waals surface area contributed by atoms with Crippen molar-refractivity contribution >= 4 is 18.7 Å². The molecule has 2 heterocycles. The van der Waals surface area contributed by atoms with E-state index in [2.05, 4.69) is 0 Å². The van der Waals surface area contributed by atoms with E-state index < -0.39 is 47.7 Å². The normalized spacial score (nSPS) is 23.4. The molecule has 0 spiro atoms. The predicted octanol–water partition coefficient (Wildman–Crippen LogP) is 5.12. The van der Waals surface area contributed by atoms with Crippen LogP contribution in [0.5, 0.6) is 0 Å². The fourth-order valence-electron chi connectivity index (χ4n) is 4.02.